The molecule has 0 unspecified atom stereocenters. The summed E-state index contributed by atoms with van der Waals surface area (Å²) in [4.78, 5) is 19.0. The molecule has 2 aliphatic rings. The summed E-state index contributed by atoms with van der Waals surface area (Å²) in [7, 11) is 0. The molecule has 2 atom stereocenters. The third kappa shape index (κ3) is 4.89. The van der Waals surface area contributed by atoms with E-state index in [2.05, 4.69) is 31.5 Å². The van der Waals surface area contributed by atoms with Crippen LogP contribution in [0.1, 0.15) is 56.8 Å². The van der Waals surface area contributed by atoms with Crippen molar-refractivity contribution >= 4 is 5.91 Å². The maximum absolute atomic E-state index is 12.5. The number of morpholine rings is 1. The third-order valence-electron chi connectivity index (χ3n) is 5.06. The number of carbonyl (C=O) groups excluding carboxylic acids is 1. The molecule has 2 N–H and O–H groups in total. The van der Waals surface area contributed by atoms with Gasteiger partial charge in [0.25, 0.3) is 0 Å². The summed E-state index contributed by atoms with van der Waals surface area (Å²) < 4.78 is 5.77. The van der Waals surface area contributed by atoms with Crippen LogP contribution in [0, 0.1) is 6.92 Å². The first-order valence-electron chi connectivity index (χ1n) is 9.33. The smallest absolute Gasteiger partial charge is 0.237 e. The van der Waals surface area contributed by atoms with Crippen molar-refractivity contribution < 1.29 is 9.53 Å². The number of amides is 1. The average molecular weight is 347 g/mol. The van der Waals surface area contributed by atoms with E-state index in [4.69, 9.17) is 4.74 Å². The Kier molecular flexibility index (Phi) is 6.20. The molecule has 25 heavy (non-hydrogen) atoms. The van der Waals surface area contributed by atoms with E-state index in [9.17, 15) is 4.79 Å². The van der Waals surface area contributed by atoms with Crippen LogP contribution < -0.4 is 5.32 Å². The molecule has 7 nitrogen and oxygen atoms in total. The van der Waals surface area contributed by atoms with Gasteiger partial charge in [-0.2, -0.15) is 5.10 Å². The van der Waals surface area contributed by atoms with E-state index in [0.29, 0.717) is 19.0 Å². The zero-order chi connectivity index (χ0) is 17.6. The molecule has 7 heteroatoms. The Morgan fingerprint density at radius 2 is 2.40 bits per heavy atom. The Hall–Kier alpha value is -1.73. The van der Waals surface area contributed by atoms with Crippen molar-refractivity contribution in [2.24, 2.45) is 0 Å². The fraction of sp³-hybridized carbons (Fsp3) is 0.722. The van der Waals surface area contributed by atoms with Gasteiger partial charge in [-0.05, 0) is 46.0 Å². The standard InChI is InChI=1S/C18H29N5O2/c1-13(18(24)19-9-8-15-6-4-3-5-7-15)23-10-11-25-16(12-23)17-20-14(2)21-22-17/h6,13,16H,3-5,7-12H2,1-2H3,(H,19,24)(H,20,21,22)/t13-,16-/m0/s1. The number of carbonyl (C=O) groups is 1. The van der Waals surface area contributed by atoms with Gasteiger partial charge >= 0.3 is 0 Å². The van der Waals surface area contributed by atoms with Crippen molar-refractivity contribution in [3.63, 3.8) is 0 Å². The predicted molar refractivity (Wildman–Crippen MR) is 95.0 cm³/mol. The number of aryl methyl sites for hydroxylation is 1. The summed E-state index contributed by atoms with van der Waals surface area (Å²) in [5, 5.41) is 10.1. The van der Waals surface area contributed by atoms with Crippen molar-refractivity contribution in [2.75, 3.05) is 26.2 Å². The van der Waals surface area contributed by atoms with E-state index in [1.54, 1.807) is 0 Å². The average Bonchev–Trinajstić information content (AvgIpc) is 3.08. The van der Waals surface area contributed by atoms with Gasteiger partial charge in [-0.3, -0.25) is 14.8 Å². The fourth-order valence-electron chi connectivity index (χ4n) is 3.47. The molecule has 0 saturated carbocycles. The van der Waals surface area contributed by atoms with E-state index < -0.39 is 0 Å². The van der Waals surface area contributed by atoms with Crippen LogP contribution in [-0.4, -0.2) is 58.3 Å². The van der Waals surface area contributed by atoms with E-state index >= 15 is 0 Å². The molecular formula is C18H29N5O2. The summed E-state index contributed by atoms with van der Waals surface area (Å²) in [5.41, 5.74) is 1.49. The van der Waals surface area contributed by atoms with Gasteiger partial charge < -0.3 is 10.1 Å². The molecule has 1 amide bonds. The lowest BCUT2D eigenvalue weighted by molar-refractivity contribution is -0.129. The highest BCUT2D eigenvalue weighted by Crippen LogP contribution is 2.21. The van der Waals surface area contributed by atoms with Gasteiger partial charge in [0.05, 0.1) is 12.6 Å². The molecule has 1 aromatic rings. The Morgan fingerprint density at radius 3 is 3.12 bits per heavy atom. The molecule has 2 heterocycles. The van der Waals surface area contributed by atoms with E-state index in [1.807, 2.05) is 13.8 Å². The molecule has 138 valence electrons. The molecule has 3 rings (SSSR count). The van der Waals surface area contributed by atoms with Gasteiger partial charge in [0, 0.05) is 19.6 Å². The van der Waals surface area contributed by atoms with Gasteiger partial charge in [-0.25, -0.2) is 4.98 Å². The highest BCUT2D eigenvalue weighted by Gasteiger charge is 2.30. The van der Waals surface area contributed by atoms with Crippen LogP contribution >= 0.6 is 0 Å². The lowest BCUT2D eigenvalue weighted by atomic mass is 9.97. The van der Waals surface area contributed by atoms with Crippen LogP contribution in [0.4, 0.5) is 0 Å². The minimum atomic E-state index is -0.179. The molecule has 1 fully saturated rings. The second-order valence-corrected chi connectivity index (χ2v) is 6.96. The van der Waals surface area contributed by atoms with E-state index in [-0.39, 0.29) is 18.1 Å². The van der Waals surface area contributed by atoms with E-state index in [1.165, 1.54) is 31.3 Å². The first kappa shape index (κ1) is 18.1. The van der Waals surface area contributed by atoms with Gasteiger partial charge in [-0.1, -0.05) is 11.6 Å². The summed E-state index contributed by atoms with van der Waals surface area (Å²) >= 11 is 0. The Labute approximate surface area is 149 Å². The zero-order valence-corrected chi connectivity index (χ0v) is 15.3. The Morgan fingerprint density at radius 1 is 1.52 bits per heavy atom. The zero-order valence-electron chi connectivity index (χ0n) is 15.3. The van der Waals surface area contributed by atoms with Gasteiger partial charge in [0.1, 0.15) is 11.9 Å². The lowest BCUT2D eigenvalue weighted by Gasteiger charge is -2.35. The quantitative estimate of drug-likeness (QED) is 0.768. The lowest BCUT2D eigenvalue weighted by Crippen LogP contribution is -2.50. The van der Waals surface area contributed by atoms with Gasteiger partial charge in [0.15, 0.2) is 5.82 Å². The van der Waals surface area contributed by atoms with Crippen LogP contribution in [0.25, 0.3) is 0 Å². The van der Waals surface area contributed by atoms with Crippen LogP contribution in [0.2, 0.25) is 0 Å². The number of hydrogen-bond acceptors (Lipinski definition) is 5. The largest absolute Gasteiger partial charge is 0.367 e. The van der Waals surface area contributed by atoms with Crippen LogP contribution in [-0.2, 0) is 9.53 Å². The number of hydrogen-bond donors (Lipinski definition) is 2. The summed E-state index contributed by atoms with van der Waals surface area (Å²) in [5.74, 6) is 1.53. The number of rotatable bonds is 6. The summed E-state index contributed by atoms with van der Waals surface area (Å²) in [6, 6.07) is -0.174. The van der Waals surface area contributed by atoms with Crippen LogP contribution in [0.15, 0.2) is 11.6 Å². The maximum Gasteiger partial charge on any atom is 0.237 e. The minimum Gasteiger partial charge on any atom is -0.367 e. The van der Waals surface area contributed by atoms with Gasteiger partial charge in [0.2, 0.25) is 5.91 Å². The monoisotopic (exact) mass is 347 g/mol. The molecule has 1 aromatic heterocycles. The predicted octanol–water partition coefficient (Wildman–Crippen LogP) is 1.88. The van der Waals surface area contributed by atoms with Crippen molar-refractivity contribution in [2.45, 2.75) is 58.1 Å². The normalized spacial score (nSPS) is 23.1. The molecule has 1 aliphatic heterocycles. The SMILES string of the molecule is Cc1nc([C@@H]2CN([C@@H](C)C(=O)NCCC3=CCCCC3)CCO2)n[nH]1. The first-order valence-corrected chi connectivity index (χ1v) is 9.33. The fourth-order valence-corrected chi connectivity index (χ4v) is 3.47. The summed E-state index contributed by atoms with van der Waals surface area (Å²) in [6.45, 7) is 6.53. The number of H-pyrrole nitrogens is 1. The highest BCUT2D eigenvalue weighted by atomic mass is 16.5. The first-order chi connectivity index (χ1) is 12.1. The molecular weight excluding hydrogens is 318 g/mol. The molecule has 1 saturated heterocycles. The second kappa shape index (κ2) is 8.58. The van der Waals surface area contributed by atoms with E-state index in [0.717, 1.165) is 25.3 Å². The van der Waals surface area contributed by atoms with Gasteiger partial charge in [-0.15, -0.1) is 0 Å². The number of nitrogens with one attached hydrogen (secondary N) is 2. The maximum atomic E-state index is 12.5. The van der Waals surface area contributed by atoms with Crippen molar-refractivity contribution in [3.8, 4) is 0 Å². The van der Waals surface area contributed by atoms with Crippen LogP contribution in [0.5, 0.6) is 0 Å². The summed E-state index contributed by atoms with van der Waals surface area (Å²) in [6.07, 6.45) is 8.09. The van der Waals surface area contributed by atoms with Crippen molar-refractivity contribution in [1.29, 1.82) is 0 Å². The number of nitrogens with zero attached hydrogens (tertiary/aromatic N) is 3. The topological polar surface area (TPSA) is 83.1 Å². The van der Waals surface area contributed by atoms with Crippen LogP contribution in [0.3, 0.4) is 0 Å². The molecule has 0 bridgehead atoms. The van der Waals surface area contributed by atoms with Crippen molar-refractivity contribution in [3.05, 3.63) is 23.3 Å². The van der Waals surface area contributed by atoms with Crippen molar-refractivity contribution in [1.82, 2.24) is 25.4 Å². The molecule has 0 radical (unpaired) electrons. The number of ether oxygens (including phenoxy) is 1. The molecule has 0 spiro atoms. The Bertz CT molecular complexity index is 612. The second-order valence-electron chi connectivity index (χ2n) is 6.96. The number of aromatic amines is 1. The highest BCUT2D eigenvalue weighted by molar-refractivity contribution is 5.81. The number of aromatic nitrogens is 3. The number of allylic oxidation sites excluding steroid dienone is 1. The minimum absolute atomic E-state index is 0.0863. The molecule has 0 aromatic carbocycles. The Balaban J connectivity index is 1.46. The third-order valence-corrected chi connectivity index (χ3v) is 5.06. The molecule has 1 aliphatic carbocycles.